The van der Waals surface area contributed by atoms with Gasteiger partial charge in [-0.2, -0.15) is 0 Å². The number of aliphatic hydroxyl groups is 1. The van der Waals surface area contributed by atoms with Crippen molar-refractivity contribution >= 4 is 17.5 Å². The van der Waals surface area contributed by atoms with Crippen LogP contribution in [0.25, 0.3) is 0 Å². The number of benzene rings is 1. The highest BCUT2D eigenvalue weighted by molar-refractivity contribution is 6.01. The molecule has 0 atom stereocenters. The van der Waals surface area contributed by atoms with E-state index in [9.17, 15) is 14.7 Å². The minimum Gasteiger partial charge on any atom is -0.388 e. The summed E-state index contributed by atoms with van der Waals surface area (Å²) >= 11 is 0. The lowest BCUT2D eigenvalue weighted by Gasteiger charge is -2.38. The summed E-state index contributed by atoms with van der Waals surface area (Å²) in [5, 5.41) is 12.9. The average molecular weight is 304 g/mol. The summed E-state index contributed by atoms with van der Waals surface area (Å²) in [6, 6.07) is 6.65. The molecule has 1 rings (SSSR count). The zero-order valence-electron chi connectivity index (χ0n) is 13.8. The highest BCUT2D eigenvalue weighted by atomic mass is 16.3. The Bertz CT molecular complexity index is 569. The van der Waals surface area contributed by atoms with Crippen molar-refractivity contribution in [2.24, 2.45) is 0 Å². The van der Waals surface area contributed by atoms with E-state index in [2.05, 4.69) is 11.9 Å². The Balaban J connectivity index is 2.89. The number of amides is 2. The highest BCUT2D eigenvalue weighted by Gasteiger charge is 2.36. The van der Waals surface area contributed by atoms with Crippen molar-refractivity contribution < 1.29 is 14.7 Å². The van der Waals surface area contributed by atoms with Gasteiger partial charge in [0.05, 0.1) is 11.1 Å². The maximum Gasteiger partial charge on any atom is 0.251 e. The Morgan fingerprint density at radius 2 is 1.68 bits per heavy atom. The van der Waals surface area contributed by atoms with Crippen LogP contribution in [-0.2, 0) is 4.79 Å². The van der Waals surface area contributed by atoms with E-state index >= 15 is 0 Å². The van der Waals surface area contributed by atoms with Crippen LogP contribution in [0.4, 0.5) is 5.69 Å². The van der Waals surface area contributed by atoms with E-state index in [-0.39, 0.29) is 11.8 Å². The molecular formula is C17H24N2O3. The number of carbonyl (C=O) groups is 2. The lowest BCUT2D eigenvalue weighted by Crippen LogP contribution is -2.57. The minimum absolute atomic E-state index is 0.222. The molecular weight excluding hydrogens is 280 g/mol. The summed E-state index contributed by atoms with van der Waals surface area (Å²) in [4.78, 5) is 25.2. The maximum atomic E-state index is 12.3. The lowest BCUT2D eigenvalue weighted by atomic mass is 9.86. The Labute approximate surface area is 131 Å². The van der Waals surface area contributed by atoms with Crippen molar-refractivity contribution in [2.45, 2.75) is 38.8 Å². The van der Waals surface area contributed by atoms with E-state index in [1.54, 1.807) is 59.0 Å². The summed E-state index contributed by atoms with van der Waals surface area (Å²) in [7, 11) is 1.64. The third-order valence-electron chi connectivity index (χ3n) is 3.98. The third kappa shape index (κ3) is 3.95. The van der Waals surface area contributed by atoms with Crippen molar-refractivity contribution in [1.29, 1.82) is 0 Å². The van der Waals surface area contributed by atoms with E-state index in [0.717, 1.165) is 0 Å². The SMILES string of the molecule is C=CC(=O)N(C)c1ccc(C(=O)NC(C)(C)C(C)(C)O)cc1. The molecule has 0 saturated heterocycles. The van der Waals surface area contributed by atoms with Gasteiger partial charge in [-0.15, -0.1) is 0 Å². The number of nitrogens with one attached hydrogen (secondary N) is 1. The number of likely N-dealkylation sites (N-methyl/N-ethyl adjacent to an activating group) is 1. The van der Waals surface area contributed by atoms with E-state index in [4.69, 9.17) is 0 Å². The lowest BCUT2D eigenvalue weighted by molar-refractivity contribution is -0.113. The van der Waals surface area contributed by atoms with Crippen LogP contribution in [0, 0.1) is 0 Å². The Morgan fingerprint density at radius 1 is 1.18 bits per heavy atom. The zero-order chi connectivity index (χ0) is 17.1. The minimum atomic E-state index is -1.06. The molecule has 2 N–H and O–H groups in total. The third-order valence-corrected chi connectivity index (χ3v) is 3.98. The first-order chi connectivity index (χ1) is 9.99. The second kappa shape index (κ2) is 6.32. The van der Waals surface area contributed by atoms with Gasteiger partial charge in [0.25, 0.3) is 5.91 Å². The first kappa shape index (κ1) is 17.9. The van der Waals surface area contributed by atoms with Gasteiger partial charge in [-0.05, 0) is 58.0 Å². The van der Waals surface area contributed by atoms with Crippen LogP contribution in [0.15, 0.2) is 36.9 Å². The summed E-state index contributed by atoms with van der Waals surface area (Å²) < 4.78 is 0. The highest BCUT2D eigenvalue weighted by Crippen LogP contribution is 2.21. The molecule has 0 fully saturated rings. The van der Waals surface area contributed by atoms with Crippen molar-refractivity contribution in [2.75, 3.05) is 11.9 Å². The van der Waals surface area contributed by atoms with Crippen LogP contribution in [0.1, 0.15) is 38.1 Å². The van der Waals surface area contributed by atoms with Gasteiger partial charge in [0.2, 0.25) is 5.91 Å². The van der Waals surface area contributed by atoms with Crippen LogP contribution in [0.3, 0.4) is 0 Å². The molecule has 0 radical (unpaired) electrons. The molecule has 0 aliphatic carbocycles. The van der Waals surface area contributed by atoms with Gasteiger partial charge in [-0.25, -0.2) is 0 Å². The van der Waals surface area contributed by atoms with Crippen molar-refractivity contribution in [3.05, 3.63) is 42.5 Å². The summed E-state index contributed by atoms with van der Waals surface area (Å²) in [5.74, 6) is -0.503. The van der Waals surface area contributed by atoms with E-state index < -0.39 is 11.1 Å². The van der Waals surface area contributed by atoms with Gasteiger partial charge in [0.1, 0.15) is 0 Å². The Morgan fingerprint density at radius 3 is 2.09 bits per heavy atom. The number of rotatable bonds is 5. The second-order valence-corrected chi connectivity index (χ2v) is 6.29. The molecule has 120 valence electrons. The molecule has 1 aromatic carbocycles. The van der Waals surface area contributed by atoms with Crippen LogP contribution < -0.4 is 10.2 Å². The van der Waals surface area contributed by atoms with Crippen LogP contribution >= 0.6 is 0 Å². The second-order valence-electron chi connectivity index (χ2n) is 6.29. The van der Waals surface area contributed by atoms with Gasteiger partial charge in [0.15, 0.2) is 0 Å². The van der Waals surface area contributed by atoms with Crippen molar-refractivity contribution in [3.8, 4) is 0 Å². The molecule has 0 heterocycles. The van der Waals surface area contributed by atoms with Crippen molar-refractivity contribution in [3.63, 3.8) is 0 Å². The molecule has 2 amide bonds. The predicted octanol–water partition coefficient (Wildman–Crippen LogP) is 2.11. The molecule has 0 aromatic heterocycles. The quantitative estimate of drug-likeness (QED) is 0.819. The number of hydrogen-bond acceptors (Lipinski definition) is 3. The molecule has 1 aromatic rings. The number of carbonyl (C=O) groups excluding carboxylic acids is 2. The van der Waals surface area contributed by atoms with Gasteiger partial charge in [0, 0.05) is 18.3 Å². The van der Waals surface area contributed by atoms with Crippen LogP contribution in [0.2, 0.25) is 0 Å². The molecule has 0 aliphatic heterocycles. The Hall–Kier alpha value is -2.14. The topological polar surface area (TPSA) is 69.6 Å². The van der Waals surface area contributed by atoms with E-state index in [0.29, 0.717) is 11.3 Å². The number of anilines is 1. The number of hydrogen-bond donors (Lipinski definition) is 2. The molecule has 0 saturated carbocycles. The van der Waals surface area contributed by atoms with E-state index in [1.807, 2.05) is 0 Å². The summed E-state index contributed by atoms with van der Waals surface area (Å²) in [6.45, 7) is 10.2. The van der Waals surface area contributed by atoms with Gasteiger partial charge in [-0.1, -0.05) is 6.58 Å². The zero-order valence-corrected chi connectivity index (χ0v) is 13.8. The van der Waals surface area contributed by atoms with E-state index in [1.165, 1.54) is 11.0 Å². The molecule has 22 heavy (non-hydrogen) atoms. The molecule has 0 unspecified atom stereocenters. The average Bonchev–Trinajstić information content (AvgIpc) is 2.44. The maximum absolute atomic E-state index is 12.3. The predicted molar refractivity (Wildman–Crippen MR) is 87.9 cm³/mol. The summed E-state index contributed by atoms with van der Waals surface area (Å²) in [5.41, 5.74) is -0.707. The fourth-order valence-electron chi connectivity index (χ4n) is 1.61. The van der Waals surface area contributed by atoms with Crippen LogP contribution in [0.5, 0.6) is 0 Å². The fraction of sp³-hybridized carbons (Fsp3) is 0.412. The van der Waals surface area contributed by atoms with Gasteiger partial charge < -0.3 is 15.3 Å². The van der Waals surface area contributed by atoms with Crippen molar-refractivity contribution in [1.82, 2.24) is 5.32 Å². The largest absolute Gasteiger partial charge is 0.388 e. The molecule has 5 heteroatoms. The smallest absolute Gasteiger partial charge is 0.251 e. The molecule has 0 aliphatic rings. The van der Waals surface area contributed by atoms with Gasteiger partial charge >= 0.3 is 0 Å². The molecule has 5 nitrogen and oxygen atoms in total. The Kier molecular flexibility index (Phi) is 5.14. The van der Waals surface area contributed by atoms with Crippen LogP contribution in [-0.4, -0.2) is 35.1 Å². The molecule has 0 spiro atoms. The first-order valence-electron chi connectivity index (χ1n) is 7.04. The standard InChI is InChI=1S/C17H24N2O3/c1-7-14(20)19(6)13-10-8-12(9-11-13)15(21)18-16(2,3)17(4,5)22/h7-11,22H,1H2,2-6H3,(H,18,21). The summed E-state index contributed by atoms with van der Waals surface area (Å²) in [6.07, 6.45) is 1.23. The molecule has 0 bridgehead atoms. The number of nitrogens with zero attached hydrogens (tertiary/aromatic N) is 1. The first-order valence-corrected chi connectivity index (χ1v) is 7.04. The normalized spacial score (nSPS) is 11.7. The van der Waals surface area contributed by atoms with Gasteiger partial charge in [-0.3, -0.25) is 9.59 Å². The monoisotopic (exact) mass is 304 g/mol. The fourth-order valence-corrected chi connectivity index (χ4v) is 1.61.